The van der Waals surface area contributed by atoms with E-state index in [0.29, 0.717) is 13.1 Å². The zero-order valence-electron chi connectivity index (χ0n) is 12.9. The monoisotopic (exact) mass is 323 g/mol. The quantitative estimate of drug-likeness (QED) is 0.788. The minimum atomic E-state index is -3.03. The van der Waals surface area contributed by atoms with Crippen molar-refractivity contribution in [3.8, 4) is 0 Å². The molecule has 1 unspecified atom stereocenters. The summed E-state index contributed by atoms with van der Waals surface area (Å²) in [5.41, 5.74) is 2.85. The van der Waals surface area contributed by atoms with Crippen molar-refractivity contribution >= 4 is 21.4 Å². The Kier molecular flexibility index (Phi) is 3.94. The fourth-order valence-corrected chi connectivity index (χ4v) is 4.79. The van der Waals surface area contributed by atoms with Gasteiger partial charge in [-0.3, -0.25) is 9.78 Å². The van der Waals surface area contributed by atoms with Gasteiger partial charge in [-0.1, -0.05) is 0 Å². The molecule has 0 N–H and O–H groups in total. The largest absolute Gasteiger partial charge is 0.310 e. The summed E-state index contributed by atoms with van der Waals surface area (Å²) in [4.78, 5) is 20.7. The molecule has 1 amide bonds. The maximum absolute atomic E-state index is 12.6. The number of aryl methyl sites for hydroxylation is 1. The van der Waals surface area contributed by atoms with Gasteiger partial charge in [0.1, 0.15) is 0 Å². The third kappa shape index (κ3) is 3.01. The average Bonchev–Trinajstić information content (AvgIpc) is 2.85. The Hall–Kier alpha value is -1.47. The van der Waals surface area contributed by atoms with Gasteiger partial charge in [-0.05, 0) is 25.6 Å². The van der Waals surface area contributed by atoms with Crippen molar-refractivity contribution in [1.82, 2.24) is 9.88 Å². The number of hydrogen-bond acceptors (Lipinski definition) is 5. The number of anilines is 1. The second-order valence-electron chi connectivity index (χ2n) is 6.23. The molecule has 1 fully saturated rings. The van der Waals surface area contributed by atoms with E-state index in [2.05, 4.69) is 4.98 Å². The Bertz CT molecular complexity index is 702. The van der Waals surface area contributed by atoms with E-state index in [1.165, 1.54) is 0 Å². The van der Waals surface area contributed by atoms with Crippen molar-refractivity contribution in [2.75, 3.05) is 36.5 Å². The van der Waals surface area contributed by atoms with Gasteiger partial charge in [0, 0.05) is 38.2 Å². The molecule has 6 nitrogen and oxygen atoms in total. The van der Waals surface area contributed by atoms with Gasteiger partial charge in [0.2, 0.25) is 5.91 Å². The van der Waals surface area contributed by atoms with E-state index >= 15 is 0 Å². The lowest BCUT2D eigenvalue weighted by molar-refractivity contribution is -0.119. The summed E-state index contributed by atoms with van der Waals surface area (Å²) in [6, 6.07) is 1.75. The van der Waals surface area contributed by atoms with Crippen molar-refractivity contribution in [2.45, 2.75) is 25.8 Å². The Morgan fingerprint density at radius 2 is 2.18 bits per heavy atom. The third-order valence-corrected chi connectivity index (χ3v) is 6.18. The Morgan fingerprint density at radius 1 is 1.41 bits per heavy atom. The van der Waals surface area contributed by atoms with Crippen molar-refractivity contribution in [2.24, 2.45) is 0 Å². The first-order chi connectivity index (χ1) is 10.4. The van der Waals surface area contributed by atoms with Crippen molar-refractivity contribution in [3.05, 3.63) is 23.5 Å². The number of sulfone groups is 1. The lowest BCUT2D eigenvalue weighted by Crippen LogP contribution is -2.48. The Labute approximate surface area is 131 Å². The van der Waals surface area contributed by atoms with Crippen LogP contribution in [0.1, 0.15) is 17.7 Å². The number of nitrogens with zero attached hydrogens (tertiary/aromatic N) is 3. The van der Waals surface area contributed by atoms with Gasteiger partial charge in [0.05, 0.1) is 22.9 Å². The van der Waals surface area contributed by atoms with Crippen LogP contribution in [-0.4, -0.2) is 61.9 Å². The summed E-state index contributed by atoms with van der Waals surface area (Å²) in [5.74, 6) is 0.242. The molecule has 1 saturated heterocycles. The minimum Gasteiger partial charge on any atom is -0.310 e. The summed E-state index contributed by atoms with van der Waals surface area (Å²) in [6.07, 6.45) is 2.82. The molecule has 2 aliphatic heterocycles. The first-order valence-corrected chi connectivity index (χ1v) is 9.34. The van der Waals surface area contributed by atoms with Crippen molar-refractivity contribution in [1.29, 1.82) is 0 Å². The van der Waals surface area contributed by atoms with Gasteiger partial charge >= 0.3 is 0 Å². The average molecular weight is 323 g/mol. The van der Waals surface area contributed by atoms with Gasteiger partial charge in [-0.25, -0.2) is 8.42 Å². The first kappa shape index (κ1) is 15.4. The number of pyridine rings is 1. The Balaban J connectivity index is 1.75. The summed E-state index contributed by atoms with van der Waals surface area (Å²) in [6.45, 7) is 3.08. The minimum absolute atomic E-state index is 0.0138. The maximum atomic E-state index is 12.6. The number of aromatic nitrogens is 1. The van der Waals surface area contributed by atoms with Crippen LogP contribution in [0, 0.1) is 6.92 Å². The summed E-state index contributed by atoms with van der Waals surface area (Å²) >= 11 is 0. The summed E-state index contributed by atoms with van der Waals surface area (Å²) < 4.78 is 23.6. The van der Waals surface area contributed by atoms with E-state index in [4.69, 9.17) is 0 Å². The lowest BCUT2D eigenvalue weighted by atomic mass is 10.1. The van der Waals surface area contributed by atoms with E-state index < -0.39 is 9.84 Å². The molecule has 3 heterocycles. The van der Waals surface area contributed by atoms with Crippen molar-refractivity contribution in [3.63, 3.8) is 0 Å². The van der Waals surface area contributed by atoms with Gasteiger partial charge in [0.15, 0.2) is 9.84 Å². The number of rotatable bonds is 2. The highest BCUT2D eigenvalue weighted by molar-refractivity contribution is 7.91. The van der Waals surface area contributed by atoms with Crippen LogP contribution in [0.5, 0.6) is 0 Å². The highest BCUT2D eigenvalue weighted by Gasteiger charge is 2.33. The highest BCUT2D eigenvalue weighted by Crippen LogP contribution is 2.28. The molecule has 0 spiro atoms. The van der Waals surface area contributed by atoms with E-state index in [9.17, 15) is 13.2 Å². The second kappa shape index (κ2) is 5.62. The van der Waals surface area contributed by atoms with Crippen LogP contribution in [0.25, 0.3) is 0 Å². The molecule has 1 aromatic rings. The Morgan fingerprint density at radius 3 is 2.95 bits per heavy atom. The molecule has 1 atom stereocenters. The van der Waals surface area contributed by atoms with E-state index in [1.54, 1.807) is 4.90 Å². The van der Waals surface area contributed by atoms with Crippen molar-refractivity contribution < 1.29 is 13.2 Å². The summed E-state index contributed by atoms with van der Waals surface area (Å²) in [7, 11) is -1.14. The number of amides is 1. The zero-order chi connectivity index (χ0) is 15.9. The molecule has 3 rings (SSSR count). The normalized spacial score (nSPS) is 24.3. The maximum Gasteiger partial charge on any atom is 0.228 e. The van der Waals surface area contributed by atoms with Gasteiger partial charge in [-0.15, -0.1) is 0 Å². The SMILES string of the molecule is Cc1cnc2c(c1)N(C(=O)CC1CS(=O)(=O)CCN1C)CC2. The number of carbonyl (C=O) groups excluding carboxylic acids is 1. The number of hydrogen-bond donors (Lipinski definition) is 0. The van der Waals surface area contributed by atoms with Crippen LogP contribution < -0.4 is 4.90 Å². The van der Waals surface area contributed by atoms with Crippen LogP contribution in [0.15, 0.2) is 12.3 Å². The standard InChI is InChI=1S/C15H21N3O3S/c1-11-7-14-13(16-9-11)3-4-18(14)15(19)8-12-10-22(20,21)6-5-17(12)2/h7,9,12H,3-6,8,10H2,1-2H3. The molecule has 7 heteroatoms. The molecule has 0 aromatic carbocycles. The molecular formula is C15H21N3O3S. The third-order valence-electron chi connectivity index (χ3n) is 4.48. The number of carbonyl (C=O) groups is 1. The predicted molar refractivity (Wildman–Crippen MR) is 84.7 cm³/mol. The molecule has 1 aromatic heterocycles. The predicted octanol–water partition coefficient (Wildman–Crippen LogP) is 0.398. The highest BCUT2D eigenvalue weighted by atomic mass is 32.2. The topological polar surface area (TPSA) is 70.6 Å². The fourth-order valence-electron chi connectivity index (χ4n) is 3.10. The van der Waals surface area contributed by atoms with Gasteiger partial charge in [0.25, 0.3) is 0 Å². The van der Waals surface area contributed by atoms with Crippen LogP contribution in [-0.2, 0) is 21.1 Å². The first-order valence-electron chi connectivity index (χ1n) is 7.52. The molecule has 22 heavy (non-hydrogen) atoms. The lowest BCUT2D eigenvalue weighted by Gasteiger charge is -2.32. The second-order valence-corrected chi connectivity index (χ2v) is 8.46. The van der Waals surface area contributed by atoms with Gasteiger partial charge in [-0.2, -0.15) is 0 Å². The molecular weight excluding hydrogens is 302 g/mol. The molecule has 0 radical (unpaired) electrons. The smallest absolute Gasteiger partial charge is 0.228 e. The zero-order valence-corrected chi connectivity index (χ0v) is 13.8. The van der Waals surface area contributed by atoms with Crippen LogP contribution in [0.4, 0.5) is 5.69 Å². The molecule has 120 valence electrons. The summed E-state index contributed by atoms with van der Waals surface area (Å²) in [5, 5.41) is 0. The van der Waals surface area contributed by atoms with Crippen LogP contribution in [0.2, 0.25) is 0 Å². The van der Waals surface area contributed by atoms with Crippen LogP contribution >= 0.6 is 0 Å². The van der Waals surface area contributed by atoms with E-state index in [0.717, 1.165) is 23.4 Å². The molecule has 0 bridgehead atoms. The molecule has 0 aliphatic carbocycles. The van der Waals surface area contributed by atoms with Gasteiger partial charge < -0.3 is 9.80 Å². The van der Waals surface area contributed by atoms with Crippen LogP contribution in [0.3, 0.4) is 0 Å². The number of fused-ring (bicyclic) bond motifs is 1. The molecule has 2 aliphatic rings. The van der Waals surface area contributed by atoms with E-state index in [-0.39, 0.29) is 29.9 Å². The van der Waals surface area contributed by atoms with E-state index in [1.807, 2.05) is 31.1 Å². The molecule has 0 saturated carbocycles. The fraction of sp³-hybridized carbons (Fsp3) is 0.600.